The molecule has 0 radical (unpaired) electrons. The summed E-state index contributed by atoms with van der Waals surface area (Å²) in [6.07, 6.45) is 0.328. The van der Waals surface area contributed by atoms with Crippen molar-refractivity contribution in [1.29, 1.82) is 5.26 Å². The highest BCUT2D eigenvalue weighted by molar-refractivity contribution is 8.00. The molecule has 2 aromatic rings. The van der Waals surface area contributed by atoms with Gasteiger partial charge in [-0.05, 0) is 49.2 Å². The molecule has 0 heterocycles. The van der Waals surface area contributed by atoms with Gasteiger partial charge in [-0.15, -0.1) is 11.8 Å². The van der Waals surface area contributed by atoms with Gasteiger partial charge in [0.25, 0.3) is 0 Å². The summed E-state index contributed by atoms with van der Waals surface area (Å²) in [5.74, 6) is 0.387. The Morgan fingerprint density at radius 2 is 1.87 bits per heavy atom. The second-order valence-corrected chi connectivity index (χ2v) is 6.37. The van der Waals surface area contributed by atoms with E-state index in [-0.39, 0.29) is 5.91 Å². The van der Waals surface area contributed by atoms with Gasteiger partial charge in [-0.2, -0.15) is 5.26 Å². The SMILES string of the molecule is Cc1ccc(SCC(=O)N(CCC#N)c2ccccc2)cc1C. The van der Waals surface area contributed by atoms with Gasteiger partial charge in [-0.3, -0.25) is 4.79 Å². The number of benzene rings is 2. The molecule has 0 saturated heterocycles. The Morgan fingerprint density at radius 3 is 2.52 bits per heavy atom. The second kappa shape index (κ2) is 8.40. The minimum atomic E-state index is 0.0229. The molecular weight excluding hydrogens is 304 g/mol. The van der Waals surface area contributed by atoms with Crippen molar-refractivity contribution in [3.8, 4) is 6.07 Å². The Hall–Kier alpha value is -2.25. The van der Waals surface area contributed by atoms with E-state index in [1.165, 1.54) is 22.9 Å². The lowest BCUT2D eigenvalue weighted by atomic mass is 10.1. The number of carbonyl (C=O) groups excluding carboxylic acids is 1. The average molecular weight is 324 g/mol. The van der Waals surface area contributed by atoms with Gasteiger partial charge in [-0.1, -0.05) is 24.3 Å². The van der Waals surface area contributed by atoms with Crippen molar-refractivity contribution < 1.29 is 4.79 Å². The minimum absolute atomic E-state index is 0.0229. The fraction of sp³-hybridized carbons (Fsp3) is 0.263. The third-order valence-electron chi connectivity index (χ3n) is 3.66. The molecule has 23 heavy (non-hydrogen) atoms. The van der Waals surface area contributed by atoms with E-state index < -0.39 is 0 Å². The lowest BCUT2D eigenvalue weighted by Gasteiger charge is -2.21. The van der Waals surface area contributed by atoms with Crippen molar-refractivity contribution in [3.63, 3.8) is 0 Å². The number of amides is 1. The Bertz CT molecular complexity index is 707. The third kappa shape index (κ3) is 4.87. The molecule has 4 heteroatoms. The van der Waals surface area contributed by atoms with Crippen LogP contribution in [0.15, 0.2) is 53.4 Å². The first-order chi connectivity index (χ1) is 11.1. The maximum atomic E-state index is 12.6. The first-order valence-corrected chi connectivity index (χ1v) is 8.53. The number of hydrogen-bond donors (Lipinski definition) is 0. The second-order valence-electron chi connectivity index (χ2n) is 5.32. The minimum Gasteiger partial charge on any atom is -0.311 e. The molecule has 0 aliphatic rings. The number of anilines is 1. The van der Waals surface area contributed by atoms with E-state index in [0.717, 1.165) is 10.6 Å². The van der Waals surface area contributed by atoms with Crippen LogP contribution in [0, 0.1) is 25.2 Å². The van der Waals surface area contributed by atoms with Crippen molar-refractivity contribution >= 4 is 23.4 Å². The molecule has 0 unspecified atom stereocenters. The van der Waals surface area contributed by atoms with Crippen LogP contribution in [0.25, 0.3) is 0 Å². The Morgan fingerprint density at radius 1 is 1.13 bits per heavy atom. The smallest absolute Gasteiger partial charge is 0.237 e. The fourth-order valence-electron chi connectivity index (χ4n) is 2.19. The van der Waals surface area contributed by atoms with Crippen molar-refractivity contribution in [1.82, 2.24) is 0 Å². The molecule has 118 valence electrons. The largest absolute Gasteiger partial charge is 0.311 e. The molecule has 0 bridgehead atoms. The van der Waals surface area contributed by atoms with Gasteiger partial charge in [0.1, 0.15) is 0 Å². The van der Waals surface area contributed by atoms with E-state index in [1.807, 2.05) is 36.4 Å². The standard InChI is InChI=1S/C19H20N2OS/c1-15-9-10-18(13-16(15)2)23-14-19(22)21(12-6-11-20)17-7-4-3-5-8-17/h3-5,7-10,13H,6,12,14H2,1-2H3. The number of para-hydroxylation sites is 1. The number of hydrogen-bond acceptors (Lipinski definition) is 3. The summed E-state index contributed by atoms with van der Waals surface area (Å²) >= 11 is 1.53. The first kappa shape index (κ1) is 17.1. The van der Waals surface area contributed by atoms with Crippen LogP contribution >= 0.6 is 11.8 Å². The molecular formula is C19H20N2OS. The number of carbonyl (C=O) groups is 1. The van der Waals surface area contributed by atoms with Crippen LogP contribution in [0.2, 0.25) is 0 Å². The fourth-order valence-corrected chi connectivity index (χ4v) is 3.06. The van der Waals surface area contributed by atoms with Crippen LogP contribution in [-0.2, 0) is 4.79 Å². The highest BCUT2D eigenvalue weighted by Crippen LogP contribution is 2.23. The van der Waals surface area contributed by atoms with Gasteiger partial charge in [0.15, 0.2) is 0 Å². The van der Waals surface area contributed by atoms with Crippen molar-refractivity contribution in [2.75, 3.05) is 17.2 Å². The van der Waals surface area contributed by atoms with Gasteiger partial charge in [-0.25, -0.2) is 0 Å². The van der Waals surface area contributed by atoms with Crippen molar-refractivity contribution in [2.45, 2.75) is 25.2 Å². The number of nitriles is 1. The van der Waals surface area contributed by atoms with E-state index >= 15 is 0 Å². The van der Waals surface area contributed by atoms with Crippen LogP contribution in [0.5, 0.6) is 0 Å². The normalized spacial score (nSPS) is 10.1. The van der Waals surface area contributed by atoms with Gasteiger partial charge < -0.3 is 4.90 Å². The molecule has 0 aliphatic carbocycles. The van der Waals surface area contributed by atoms with E-state index in [9.17, 15) is 4.79 Å². The summed E-state index contributed by atoms with van der Waals surface area (Å²) in [6, 6.07) is 17.9. The van der Waals surface area contributed by atoms with Crippen molar-refractivity contribution in [3.05, 3.63) is 59.7 Å². The highest BCUT2D eigenvalue weighted by Gasteiger charge is 2.15. The van der Waals surface area contributed by atoms with E-state index in [1.54, 1.807) is 4.90 Å². The van der Waals surface area contributed by atoms with Crippen LogP contribution in [0.3, 0.4) is 0 Å². The molecule has 1 amide bonds. The summed E-state index contributed by atoms with van der Waals surface area (Å²) in [5.41, 5.74) is 3.32. The molecule has 0 atom stereocenters. The summed E-state index contributed by atoms with van der Waals surface area (Å²) in [4.78, 5) is 15.4. The van der Waals surface area contributed by atoms with Gasteiger partial charge in [0.2, 0.25) is 5.91 Å². The van der Waals surface area contributed by atoms with E-state index in [2.05, 4.69) is 32.0 Å². The number of thioether (sulfide) groups is 1. The molecule has 2 aromatic carbocycles. The average Bonchev–Trinajstić information content (AvgIpc) is 2.57. The molecule has 0 aliphatic heterocycles. The highest BCUT2D eigenvalue weighted by atomic mass is 32.2. The molecule has 0 fully saturated rings. The monoisotopic (exact) mass is 324 g/mol. The molecule has 2 rings (SSSR count). The van der Waals surface area contributed by atoms with Gasteiger partial charge in [0, 0.05) is 17.1 Å². The lowest BCUT2D eigenvalue weighted by molar-refractivity contribution is -0.116. The number of rotatable bonds is 6. The van der Waals surface area contributed by atoms with Gasteiger partial charge >= 0.3 is 0 Å². The van der Waals surface area contributed by atoms with Crippen molar-refractivity contribution in [2.24, 2.45) is 0 Å². The van der Waals surface area contributed by atoms with Gasteiger partial charge in [0.05, 0.1) is 18.2 Å². The zero-order valence-corrected chi connectivity index (χ0v) is 14.3. The van der Waals surface area contributed by atoms with Crippen LogP contribution < -0.4 is 4.90 Å². The summed E-state index contributed by atoms with van der Waals surface area (Å²) in [7, 11) is 0. The molecule has 0 saturated carbocycles. The lowest BCUT2D eigenvalue weighted by Crippen LogP contribution is -2.33. The number of aryl methyl sites for hydroxylation is 2. The Labute approximate surface area is 141 Å². The summed E-state index contributed by atoms with van der Waals surface area (Å²) in [6.45, 7) is 4.57. The Balaban J connectivity index is 2.05. The Kier molecular flexibility index (Phi) is 6.25. The van der Waals surface area contributed by atoms with Crippen LogP contribution in [0.1, 0.15) is 17.5 Å². The number of nitrogens with zero attached hydrogens (tertiary/aromatic N) is 2. The zero-order valence-electron chi connectivity index (χ0n) is 13.5. The van der Waals surface area contributed by atoms with Crippen LogP contribution in [0.4, 0.5) is 5.69 Å². The third-order valence-corrected chi connectivity index (χ3v) is 4.64. The quantitative estimate of drug-likeness (QED) is 0.742. The maximum absolute atomic E-state index is 12.6. The molecule has 3 nitrogen and oxygen atoms in total. The maximum Gasteiger partial charge on any atom is 0.237 e. The first-order valence-electron chi connectivity index (χ1n) is 7.54. The molecule has 0 spiro atoms. The summed E-state index contributed by atoms with van der Waals surface area (Å²) < 4.78 is 0. The van der Waals surface area contributed by atoms with Crippen LogP contribution in [-0.4, -0.2) is 18.2 Å². The molecule has 0 N–H and O–H groups in total. The van der Waals surface area contributed by atoms with E-state index in [4.69, 9.17) is 5.26 Å². The predicted molar refractivity (Wildman–Crippen MR) is 95.7 cm³/mol. The zero-order chi connectivity index (χ0) is 16.7. The predicted octanol–water partition coefficient (Wildman–Crippen LogP) is 4.34. The topological polar surface area (TPSA) is 44.1 Å². The molecule has 0 aromatic heterocycles. The summed E-state index contributed by atoms with van der Waals surface area (Å²) in [5, 5.41) is 8.82. The van der Waals surface area contributed by atoms with E-state index in [0.29, 0.717) is 18.7 Å².